The fraction of sp³-hybridized carbons (Fsp3) is 0.115. The van der Waals surface area contributed by atoms with E-state index in [-0.39, 0.29) is 26.8 Å². The standard InChI is InChI=1S/C26H17ClF2N2O4S/c1-12-4-3-5-13(8-12)22-21(23(32)14-6-7-19(35-2)15(27)9-14)24(33)25(34)31(22)26-30-18-10-16(28)17(29)11-20(18)36-26/h3-11,22,32H,1-2H3/b23-21+. The zero-order valence-electron chi connectivity index (χ0n) is 18.9. The van der Waals surface area contributed by atoms with Crippen LogP contribution in [0.1, 0.15) is 22.7 Å². The molecule has 1 amide bonds. The van der Waals surface area contributed by atoms with Crippen LogP contribution in [0.15, 0.2) is 60.2 Å². The molecular weight excluding hydrogens is 510 g/mol. The Morgan fingerprint density at radius 2 is 1.86 bits per heavy atom. The van der Waals surface area contributed by atoms with Crippen molar-refractivity contribution in [3.8, 4) is 5.75 Å². The molecule has 0 bridgehead atoms. The number of carbonyl (C=O) groups excluding carboxylic acids is 2. The summed E-state index contributed by atoms with van der Waals surface area (Å²) in [4.78, 5) is 32.0. The molecule has 1 aromatic heterocycles. The number of rotatable bonds is 4. The van der Waals surface area contributed by atoms with Crippen LogP contribution in [-0.2, 0) is 9.59 Å². The van der Waals surface area contributed by atoms with Crippen LogP contribution in [0.4, 0.5) is 13.9 Å². The molecule has 0 spiro atoms. The number of methoxy groups -OCH3 is 1. The first-order valence-electron chi connectivity index (χ1n) is 10.7. The van der Waals surface area contributed by atoms with Crippen LogP contribution in [0.2, 0.25) is 5.02 Å². The number of nitrogens with zero attached hydrogens (tertiary/aromatic N) is 2. The normalized spacial score (nSPS) is 17.2. The van der Waals surface area contributed by atoms with Gasteiger partial charge in [-0.15, -0.1) is 0 Å². The van der Waals surface area contributed by atoms with Crippen molar-refractivity contribution in [1.29, 1.82) is 0 Å². The van der Waals surface area contributed by atoms with Gasteiger partial charge < -0.3 is 9.84 Å². The highest BCUT2D eigenvalue weighted by Gasteiger charge is 2.48. The van der Waals surface area contributed by atoms with E-state index in [2.05, 4.69) is 4.98 Å². The Morgan fingerprint density at radius 1 is 1.11 bits per heavy atom. The van der Waals surface area contributed by atoms with Crippen LogP contribution in [0.3, 0.4) is 0 Å². The number of carbonyl (C=O) groups is 2. The van der Waals surface area contributed by atoms with E-state index >= 15 is 0 Å². The zero-order chi connectivity index (χ0) is 25.7. The molecule has 1 N–H and O–H groups in total. The fourth-order valence-corrected chi connectivity index (χ4v) is 5.43. The highest BCUT2D eigenvalue weighted by molar-refractivity contribution is 7.22. The van der Waals surface area contributed by atoms with Crippen LogP contribution >= 0.6 is 22.9 Å². The van der Waals surface area contributed by atoms with Gasteiger partial charge in [-0.3, -0.25) is 14.5 Å². The first-order chi connectivity index (χ1) is 17.2. The van der Waals surface area contributed by atoms with Crippen LogP contribution < -0.4 is 9.64 Å². The van der Waals surface area contributed by atoms with Crippen molar-refractivity contribution in [2.24, 2.45) is 0 Å². The Labute approximate surface area is 213 Å². The minimum Gasteiger partial charge on any atom is -0.507 e. The number of aryl methyl sites for hydroxylation is 1. The Kier molecular flexibility index (Phi) is 5.97. The molecule has 2 heterocycles. The van der Waals surface area contributed by atoms with Crippen molar-refractivity contribution in [3.63, 3.8) is 0 Å². The molecule has 1 fully saturated rings. The van der Waals surface area contributed by atoms with Gasteiger partial charge in [0, 0.05) is 11.6 Å². The number of Topliss-reactive ketones (excluding diaryl/α,β-unsaturated/α-hetero) is 1. The van der Waals surface area contributed by atoms with Crippen molar-refractivity contribution in [2.45, 2.75) is 13.0 Å². The third-order valence-corrected chi connectivity index (χ3v) is 7.17. The number of aliphatic hydroxyl groups excluding tert-OH is 1. The maximum absolute atomic E-state index is 13.8. The largest absolute Gasteiger partial charge is 0.507 e. The first kappa shape index (κ1) is 23.9. The van der Waals surface area contributed by atoms with Gasteiger partial charge in [0.05, 0.1) is 34.0 Å². The quantitative estimate of drug-likeness (QED) is 0.195. The summed E-state index contributed by atoms with van der Waals surface area (Å²) in [5.74, 6) is -4.03. The number of hydrogen-bond acceptors (Lipinski definition) is 6. The molecule has 182 valence electrons. The van der Waals surface area contributed by atoms with Crippen molar-refractivity contribution in [1.82, 2.24) is 4.98 Å². The third-order valence-electron chi connectivity index (χ3n) is 5.85. The summed E-state index contributed by atoms with van der Waals surface area (Å²) >= 11 is 7.16. The Hall–Kier alpha value is -3.82. The minimum absolute atomic E-state index is 0.0652. The lowest BCUT2D eigenvalue weighted by molar-refractivity contribution is -0.132. The molecule has 5 rings (SSSR count). The zero-order valence-corrected chi connectivity index (χ0v) is 20.5. The van der Waals surface area contributed by atoms with Gasteiger partial charge >= 0.3 is 5.91 Å². The van der Waals surface area contributed by atoms with Crippen LogP contribution in [0.25, 0.3) is 16.0 Å². The predicted octanol–water partition coefficient (Wildman–Crippen LogP) is 6.17. The van der Waals surface area contributed by atoms with E-state index in [9.17, 15) is 23.5 Å². The summed E-state index contributed by atoms with van der Waals surface area (Å²) in [6.07, 6.45) is 0. The maximum atomic E-state index is 13.8. The summed E-state index contributed by atoms with van der Waals surface area (Å²) in [7, 11) is 1.44. The van der Waals surface area contributed by atoms with Gasteiger partial charge in [0.2, 0.25) is 0 Å². The number of anilines is 1. The lowest BCUT2D eigenvalue weighted by Crippen LogP contribution is -2.29. The molecule has 1 unspecified atom stereocenters. The number of aromatic nitrogens is 1. The van der Waals surface area contributed by atoms with Gasteiger partial charge in [0.15, 0.2) is 16.8 Å². The van der Waals surface area contributed by atoms with Gasteiger partial charge in [-0.25, -0.2) is 13.8 Å². The van der Waals surface area contributed by atoms with Gasteiger partial charge in [0.25, 0.3) is 5.78 Å². The number of amides is 1. The number of ketones is 1. The molecule has 3 aromatic carbocycles. The van der Waals surface area contributed by atoms with Gasteiger partial charge in [-0.1, -0.05) is 52.8 Å². The van der Waals surface area contributed by atoms with E-state index in [0.29, 0.717) is 16.0 Å². The Morgan fingerprint density at radius 3 is 2.56 bits per heavy atom. The highest BCUT2D eigenvalue weighted by atomic mass is 35.5. The first-order valence-corrected chi connectivity index (χ1v) is 11.9. The summed E-state index contributed by atoms with van der Waals surface area (Å²) in [6, 6.07) is 12.5. The van der Waals surface area contributed by atoms with Crippen LogP contribution in [-0.4, -0.2) is 28.9 Å². The van der Waals surface area contributed by atoms with Crippen LogP contribution in [0.5, 0.6) is 5.75 Å². The highest BCUT2D eigenvalue weighted by Crippen LogP contribution is 2.45. The molecule has 1 aliphatic heterocycles. The van der Waals surface area contributed by atoms with Crippen molar-refractivity contribution in [2.75, 3.05) is 12.0 Å². The van der Waals surface area contributed by atoms with E-state index in [1.165, 1.54) is 25.3 Å². The second-order valence-corrected chi connectivity index (χ2v) is 9.58. The summed E-state index contributed by atoms with van der Waals surface area (Å²) in [6.45, 7) is 1.85. The number of aliphatic hydroxyl groups is 1. The number of thiazole rings is 1. The minimum atomic E-state index is -1.08. The number of benzene rings is 3. The second-order valence-electron chi connectivity index (χ2n) is 8.16. The fourth-order valence-electron chi connectivity index (χ4n) is 4.17. The monoisotopic (exact) mass is 526 g/mol. The van der Waals surface area contributed by atoms with E-state index in [1.807, 2.05) is 13.0 Å². The molecule has 10 heteroatoms. The molecule has 1 saturated heterocycles. The number of fused-ring (bicyclic) bond motifs is 1. The number of halogens is 3. The summed E-state index contributed by atoms with van der Waals surface area (Å²) in [5.41, 5.74) is 1.60. The Balaban J connectivity index is 1.73. The third kappa shape index (κ3) is 3.90. The molecule has 4 aromatic rings. The lowest BCUT2D eigenvalue weighted by Gasteiger charge is -2.23. The van der Waals surface area contributed by atoms with E-state index < -0.39 is 35.1 Å². The molecule has 1 atom stereocenters. The average Bonchev–Trinajstić information content (AvgIpc) is 3.36. The van der Waals surface area contributed by atoms with Gasteiger partial charge in [-0.05, 0) is 36.8 Å². The molecule has 0 aliphatic carbocycles. The van der Waals surface area contributed by atoms with E-state index in [4.69, 9.17) is 16.3 Å². The molecule has 36 heavy (non-hydrogen) atoms. The van der Waals surface area contributed by atoms with Gasteiger partial charge in [-0.2, -0.15) is 0 Å². The topological polar surface area (TPSA) is 79.7 Å². The molecule has 0 radical (unpaired) electrons. The van der Waals surface area contributed by atoms with Gasteiger partial charge in [0.1, 0.15) is 11.5 Å². The maximum Gasteiger partial charge on any atom is 0.301 e. The molecular formula is C26H17ClF2N2O4S. The molecule has 6 nitrogen and oxygen atoms in total. The van der Waals surface area contributed by atoms with Crippen molar-refractivity contribution < 1.29 is 28.2 Å². The number of hydrogen-bond donors (Lipinski definition) is 1. The van der Waals surface area contributed by atoms with Crippen molar-refractivity contribution >= 4 is 55.7 Å². The molecule has 0 saturated carbocycles. The molecule has 1 aliphatic rings. The predicted molar refractivity (Wildman–Crippen MR) is 134 cm³/mol. The lowest BCUT2D eigenvalue weighted by atomic mass is 9.94. The number of ether oxygens (including phenoxy) is 1. The second kappa shape index (κ2) is 9.00. The van der Waals surface area contributed by atoms with E-state index in [0.717, 1.165) is 33.9 Å². The smallest absolute Gasteiger partial charge is 0.301 e. The SMILES string of the molecule is COc1ccc(/C(O)=C2\C(=O)C(=O)N(c3nc4cc(F)c(F)cc4s3)C2c2cccc(C)c2)cc1Cl. The summed E-state index contributed by atoms with van der Waals surface area (Å²) in [5, 5.41) is 11.5. The Bertz CT molecular complexity index is 1560. The van der Waals surface area contributed by atoms with E-state index in [1.54, 1.807) is 18.2 Å². The average molecular weight is 527 g/mol. The van der Waals surface area contributed by atoms with Crippen molar-refractivity contribution in [3.05, 3.63) is 93.5 Å². The van der Waals surface area contributed by atoms with Crippen LogP contribution in [0, 0.1) is 18.6 Å². The summed E-state index contributed by atoms with van der Waals surface area (Å²) < 4.78 is 33.1.